The molecule has 8 heteroatoms. The Kier molecular flexibility index (Phi) is 6.46. The molecular weight excluding hydrogens is 393 g/mol. The fourth-order valence-corrected chi connectivity index (χ4v) is 2.71. The predicted molar refractivity (Wildman–Crippen MR) is 104 cm³/mol. The predicted octanol–water partition coefficient (Wildman–Crippen LogP) is 4.06. The molecule has 0 saturated carbocycles. The van der Waals surface area contributed by atoms with Crippen LogP contribution in [0.25, 0.3) is 0 Å². The molecule has 3 aromatic rings. The van der Waals surface area contributed by atoms with Crippen LogP contribution in [-0.4, -0.2) is 30.6 Å². The molecule has 1 aromatic heterocycles. The normalized spacial score (nSPS) is 10.5. The maximum atomic E-state index is 13.7. The first-order valence-electron chi connectivity index (χ1n) is 9.07. The number of hydrogen-bond acceptors (Lipinski definition) is 7. The van der Waals surface area contributed by atoms with E-state index in [-0.39, 0.29) is 23.5 Å². The summed E-state index contributed by atoms with van der Waals surface area (Å²) in [6.45, 7) is 3.32. The topological polar surface area (TPSA) is 87.9 Å². The van der Waals surface area contributed by atoms with Crippen LogP contribution in [0.4, 0.5) is 4.39 Å². The van der Waals surface area contributed by atoms with E-state index in [1.807, 2.05) is 6.92 Å². The lowest BCUT2D eigenvalue weighted by atomic mass is 10.1. The maximum Gasteiger partial charge on any atom is 0.338 e. The van der Waals surface area contributed by atoms with E-state index in [4.69, 9.17) is 18.7 Å². The first kappa shape index (κ1) is 21.0. The van der Waals surface area contributed by atoms with Crippen molar-refractivity contribution < 1.29 is 32.7 Å². The van der Waals surface area contributed by atoms with Gasteiger partial charge in [-0.25, -0.2) is 9.18 Å². The molecule has 1 heterocycles. The van der Waals surface area contributed by atoms with Crippen LogP contribution in [-0.2, 0) is 11.3 Å². The average Bonchev–Trinajstić information content (AvgIpc) is 3.07. The molecule has 30 heavy (non-hydrogen) atoms. The zero-order valence-electron chi connectivity index (χ0n) is 16.7. The van der Waals surface area contributed by atoms with Gasteiger partial charge in [-0.1, -0.05) is 11.2 Å². The number of carbonyl (C=O) groups excluding carboxylic acids is 2. The van der Waals surface area contributed by atoms with Gasteiger partial charge in [-0.05, 0) is 50.2 Å². The van der Waals surface area contributed by atoms with Gasteiger partial charge in [0.15, 0.2) is 24.0 Å². The van der Waals surface area contributed by atoms with Crippen molar-refractivity contribution in [3.05, 3.63) is 76.4 Å². The molecule has 0 fully saturated rings. The zero-order valence-corrected chi connectivity index (χ0v) is 16.7. The molecule has 0 unspecified atom stereocenters. The van der Waals surface area contributed by atoms with E-state index in [2.05, 4.69) is 5.16 Å². The SMILES string of the molecule is COc1ccc(C(=O)COC(=O)c2cccc(OCc3c(C)noc3C)c2)cc1F. The number of rotatable bonds is 8. The lowest BCUT2D eigenvalue weighted by Crippen LogP contribution is -2.14. The van der Waals surface area contributed by atoms with Crippen molar-refractivity contribution in [1.29, 1.82) is 0 Å². The molecule has 0 amide bonds. The monoisotopic (exact) mass is 413 g/mol. The highest BCUT2D eigenvalue weighted by Crippen LogP contribution is 2.20. The maximum absolute atomic E-state index is 13.7. The van der Waals surface area contributed by atoms with Crippen molar-refractivity contribution in [2.24, 2.45) is 0 Å². The summed E-state index contributed by atoms with van der Waals surface area (Å²) in [5.74, 6) is -0.754. The number of ketones is 1. The molecule has 0 N–H and O–H groups in total. The lowest BCUT2D eigenvalue weighted by Gasteiger charge is -2.09. The summed E-state index contributed by atoms with van der Waals surface area (Å²) in [5, 5.41) is 3.86. The number of esters is 1. The van der Waals surface area contributed by atoms with Crippen molar-refractivity contribution in [2.45, 2.75) is 20.5 Å². The third kappa shape index (κ3) is 4.83. The minimum Gasteiger partial charge on any atom is -0.494 e. The molecule has 0 bridgehead atoms. The quantitative estimate of drug-likeness (QED) is 0.406. The van der Waals surface area contributed by atoms with Gasteiger partial charge in [0.2, 0.25) is 0 Å². The Bertz CT molecular complexity index is 1060. The highest BCUT2D eigenvalue weighted by atomic mass is 19.1. The van der Waals surface area contributed by atoms with E-state index in [0.29, 0.717) is 11.5 Å². The number of ether oxygens (including phenoxy) is 3. The summed E-state index contributed by atoms with van der Waals surface area (Å²) in [6, 6.07) is 10.2. The Morgan fingerprint density at radius 3 is 2.57 bits per heavy atom. The van der Waals surface area contributed by atoms with Crippen molar-refractivity contribution in [3.8, 4) is 11.5 Å². The average molecular weight is 413 g/mol. The van der Waals surface area contributed by atoms with Crippen LogP contribution < -0.4 is 9.47 Å². The first-order chi connectivity index (χ1) is 14.4. The second-order valence-electron chi connectivity index (χ2n) is 6.47. The van der Waals surface area contributed by atoms with Gasteiger partial charge in [-0.15, -0.1) is 0 Å². The van der Waals surface area contributed by atoms with Crippen molar-refractivity contribution in [1.82, 2.24) is 5.16 Å². The molecule has 0 aliphatic rings. The molecule has 0 spiro atoms. The Morgan fingerprint density at radius 2 is 1.90 bits per heavy atom. The number of nitrogens with zero attached hydrogens (tertiary/aromatic N) is 1. The van der Waals surface area contributed by atoms with Gasteiger partial charge in [0.25, 0.3) is 0 Å². The van der Waals surface area contributed by atoms with Gasteiger partial charge in [0.05, 0.1) is 23.9 Å². The van der Waals surface area contributed by atoms with E-state index >= 15 is 0 Å². The highest BCUT2D eigenvalue weighted by Gasteiger charge is 2.15. The molecule has 0 radical (unpaired) electrons. The molecule has 0 saturated heterocycles. The van der Waals surface area contributed by atoms with E-state index in [1.54, 1.807) is 25.1 Å². The lowest BCUT2D eigenvalue weighted by molar-refractivity contribution is 0.0474. The fourth-order valence-electron chi connectivity index (χ4n) is 2.71. The number of hydrogen-bond donors (Lipinski definition) is 0. The number of halogens is 1. The van der Waals surface area contributed by atoms with Gasteiger partial charge < -0.3 is 18.7 Å². The second-order valence-corrected chi connectivity index (χ2v) is 6.47. The van der Waals surface area contributed by atoms with Crippen LogP contribution in [0.3, 0.4) is 0 Å². The smallest absolute Gasteiger partial charge is 0.338 e. The van der Waals surface area contributed by atoms with Crippen LogP contribution in [0.15, 0.2) is 47.0 Å². The summed E-state index contributed by atoms with van der Waals surface area (Å²) in [4.78, 5) is 24.5. The summed E-state index contributed by atoms with van der Waals surface area (Å²) >= 11 is 0. The van der Waals surface area contributed by atoms with Gasteiger partial charge >= 0.3 is 5.97 Å². The number of methoxy groups -OCH3 is 1. The fraction of sp³-hybridized carbons (Fsp3) is 0.227. The van der Waals surface area contributed by atoms with Gasteiger partial charge in [0, 0.05) is 5.56 Å². The molecule has 7 nitrogen and oxygen atoms in total. The molecule has 3 rings (SSSR count). The number of aryl methyl sites for hydroxylation is 2. The van der Waals surface area contributed by atoms with E-state index in [0.717, 1.165) is 17.3 Å². The largest absolute Gasteiger partial charge is 0.494 e. The summed E-state index contributed by atoms with van der Waals surface area (Å²) in [7, 11) is 1.33. The van der Waals surface area contributed by atoms with Gasteiger partial charge in [0.1, 0.15) is 18.1 Å². The third-order valence-corrected chi connectivity index (χ3v) is 4.44. The van der Waals surface area contributed by atoms with Gasteiger partial charge in [-0.2, -0.15) is 0 Å². The van der Waals surface area contributed by atoms with Crippen LogP contribution >= 0.6 is 0 Å². The number of carbonyl (C=O) groups is 2. The van der Waals surface area contributed by atoms with E-state index < -0.39 is 24.2 Å². The molecule has 0 atom stereocenters. The Morgan fingerprint density at radius 1 is 1.10 bits per heavy atom. The van der Waals surface area contributed by atoms with Crippen molar-refractivity contribution >= 4 is 11.8 Å². The summed E-state index contributed by atoms with van der Waals surface area (Å²) in [5.41, 5.74) is 1.87. The van der Waals surface area contributed by atoms with Gasteiger partial charge in [-0.3, -0.25) is 4.79 Å². The Hall–Kier alpha value is -3.68. The molecule has 0 aliphatic carbocycles. The van der Waals surface area contributed by atoms with Crippen LogP contribution in [0.5, 0.6) is 11.5 Å². The summed E-state index contributed by atoms with van der Waals surface area (Å²) < 4.78 is 34.4. The van der Waals surface area contributed by atoms with Crippen molar-refractivity contribution in [3.63, 3.8) is 0 Å². The molecular formula is C22H20FNO6. The first-order valence-corrected chi connectivity index (χ1v) is 9.07. The minimum absolute atomic E-state index is 0.0250. The standard InChI is InChI=1S/C22H20FNO6/c1-13-18(14(2)30-24-13)11-28-17-6-4-5-16(9-17)22(26)29-12-20(25)15-7-8-21(27-3)19(23)10-15/h4-10H,11-12H2,1-3H3. The van der Waals surface area contributed by atoms with E-state index in [9.17, 15) is 14.0 Å². The number of aromatic nitrogens is 1. The number of benzene rings is 2. The minimum atomic E-state index is -0.694. The summed E-state index contributed by atoms with van der Waals surface area (Å²) in [6.07, 6.45) is 0. The third-order valence-electron chi connectivity index (χ3n) is 4.44. The highest BCUT2D eigenvalue weighted by molar-refractivity contribution is 5.99. The van der Waals surface area contributed by atoms with Crippen molar-refractivity contribution in [2.75, 3.05) is 13.7 Å². The molecule has 2 aromatic carbocycles. The van der Waals surface area contributed by atoms with Crippen LogP contribution in [0.2, 0.25) is 0 Å². The van der Waals surface area contributed by atoms with Crippen LogP contribution in [0, 0.1) is 19.7 Å². The van der Waals surface area contributed by atoms with E-state index in [1.165, 1.54) is 25.3 Å². The number of Topliss-reactive ketones (excluding diaryl/α,β-unsaturated/α-hetero) is 1. The second kappa shape index (κ2) is 9.21. The zero-order chi connectivity index (χ0) is 21.7. The molecule has 0 aliphatic heterocycles. The Labute approximate surface area is 172 Å². The Balaban J connectivity index is 1.59. The van der Waals surface area contributed by atoms with Crippen LogP contribution in [0.1, 0.15) is 37.7 Å². The molecule has 156 valence electrons.